The van der Waals surface area contributed by atoms with Gasteiger partial charge in [-0.25, -0.2) is 4.98 Å². The number of piperidine rings is 1. The molecule has 1 saturated carbocycles. The minimum absolute atomic E-state index is 0.346. The fraction of sp³-hybridized carbons (Fsp3) is 0.750. The minimum atomic E-state index is 0.346. The maximum absolute atomic E-state index is 12.2. The van der Waals surface area contributed by atoms with Crippen LogP contribution in [0.1, 0.15) is 31.1 Å². The van der Waals surface area contributed by atoms with Crippen molar-refractivity contribution in [2.45, 2.75) is 38.8 Å². The summed E-state index contributed by atoms with van der Waals surface area (Å²) in [5.74, 6) is 1.25. The van der Waals surface area contributed by atoms with Gasteiger partial charge in [0.2, 0.25) is 5.91 Å². The maximum atomic E-state index is 12.2. The third-order valence-electron chi connectivity index (χ3n) is 4.61. The monoisotopic (exact) mass is 322 g/mol. The zero-order valence-electron chi connectivity index (χ0n) is 13.7. The first-order valence-electron chi connectivity index (χ1n) is 8.19. The second-order valence-corrected chi connectivity index (χ2v) is 7.91. The van der Waals surface area contributed by atoms with Crippen LogP contribution in [-0.4, -0.2) is 49.0 Å². The van der Waals surface area contributed by atoms with Crippen molar-refractivity contribution in [3.8, 4) is 0 Å². The number of carbonyl (C=O) groups is 1. The van der Waals surface area contributed by atoms with Crippen molar-refractivity contribution in [2.24, 2.45) is 11.8 Å². The molecule has 1 saturated heterocycles. The van der Waals surface area contributed by atoms with Crippen LogP contribution in [0, 0.1) is 11.8 Å². The van der Waals surface area contributed by atoms with E-state index in [9.17, 15) is 4.79 Å². The second-order valence-electron chi connectivity index (χ2n) is 6.82. The van der Waals surface area contributed by atoms with Crippen molar-refractivity contribution in [3.05, 3.63) is 11.1 Å². The number of carbonyl (C=O) groups excluding carboxylic acids is 1. The molecule has 1 amide bonds. The molecule has 22 heavy (non-hydrogen) atoms. The van der Waals surface area contributed by atoms with Gasteiger partial charge in [0.15, 0.2) is 5.13 Å². The molecule has 1 N–H and O–H groups in total. The number of thiazole rings is 1. The van der Waals surface area contributed by atoms with E-state index >= 15 is 0 Å². The Balaban J connectivity index is 1.48. The van der Waals surface area contributed by atoms with E-state index in [0.717, 1.165) is 44.0 Å². The van der Waals surface area contributed by atoms with Crippen molar-refractivity contribution in [2.75, 3.05) is 32.1 Å². The summed E-state index contributed by atoms with van der Waals surface area (Å²) in [6.45, 7) is 4.93. The van der Waals surface area contributed by atoms with Crippen LogP contribution >= 0.6 is 11.3 Å². The molecule has 2 heterocycles. The molecule has 0 aromatic carbocycles. The third kappa shape index (κ3) is 3.60. The quantitative estimate of drug-likeness (QED) is 0.900. The number of rotatable bonds is 5. The molecule has 122 valence electrons. The molecule has 3 rings (SSSR count). The molecule has 1 aliphatic heterocycles. The van der Waals surface area contributed by atoms with Gasteiger partial charge in [-0.2, -0.15) is 0 Å². The molecule has 1 aromatic heterocycles. The van der Waals surface area contributed by atoms with Crippen LogP contribution in [0.5, 0.6) is 0 Å². The molecule has 2 aliphatic rings. The number of nitrogens with one attached hydrogen (secondary N) is 1. The lowest BCUT2D eigenvalue weighted by molar-refractivity contribution is -0.134. The fourth-order valence-corrected chi connectivity index (χ4v) is 3.84. The lowest BCUT2D eigenvalue weighted by Gasteiger charge is -2.37. The van der Waals surface area contributed by atoms with Gasteiger partial charge in [-0.3, -0.25) is 4.79 Å². The Kier molecular flexibility index (Phi) is 4.68. The summed E-state index contributed by atoms with van der Waals surface area (Å²) < 4.78 is 0. The molecule has 2 fully saturated rings. The Morgan fingerprint density at radius 1 is 1.45 bits per heavy atom. The Bertz CT molecular complexity index is 526. The number of aromatic nitrogens is 1. The first-order valence-corrected chi connectivity index (χ1v) is 9.00. The van der Waals surface area contributed by atoms with Crippen molar-refractivity contribution in [1.29, 1.82) is 0 Å². The molecule has 2 atom stereocenters. The smallest absolute Gasteiger partial charge is 0.225 e. The lowest BCUT2D eigenvalue weighted by Crippen LogP contribution is -2.50. The van der Waals surface area contributed by atoms with Gasteiger partial charge >= 0.3 is 0 Å². The number of anilines is 1. The average Bonchev–Trinajstić information content (AvgIpc) is 3.23. The SMILES string of the molecule is C[C@H]1CN(C(=O)C2CC2)CC[C@@H]1NCc1cnc(N(C)C)s1. The van der Waals surface area contributed by atoms with Crippen LogP contribution in [-0.2, 0) is 11.3 Å². The van der Waals surface area contributed by atoms with Gasteiger partial charge in [-0.05, 0) is 25.2 Å². The van der Waals surface area contributed by atoms with Gasteiger partial charge in [0.05, 0.1) is 0 Å². The van der Waals surface area contributed by atoms with Crippen LogP contribution < -0.4 is 10.2 Å². The van der Waals surface area contributed by atoms with Gasteiger partial charge < -0.3 is 15.1 Å². The first kappa shape index (κ1) is 15.7. The average molecular weight is 322 g/mol. The number of hydrogen-bond acceptors (Lipinski definition) is 5. The molecular formula is C16H26N4OS. The summed E-state index contributed by atoms with van der Waals surface area (Å²) in [6.07, 6.45) is 5.22. The predicted molar refractivity (Wildman–Crippen MR) is 90.2 cm³/mol. The van der Waals surface area contributed by atoms with Gasteiger partial charge in [-0.1, -0.05) is 6.92 Å². The highest BCUT2D eigenvalue weighted by Crippen LogP contribution is 2.32. The van der Waals surface area contributed by atoms with Gasteiger partial charge in [0.25, 0.3) is 0 Å². The number of hydrogen-bond donors (Lipinski definition) is 1. The largest absolute Gasteiger partial charge is 0.354 e. The molecule has 5 nitrogen and oxygen atoms in total. The van der Waals surface area contributed by atoms with E-state index in [1.807, 2.05) is 25.2 Å². The summed E-state index contributed by atoms with van der Waals surface area (Å²) >= 11 is 1.74. The van der Waals surface area contributed by atoms with Crippen LogP contribution in [0.3, 0.4) is 0 Å². The summed E-state index contributed by atoms with van der Waals surface area (Å²) in [6, 6.07) is 0.494. The van der Waals surface area contributed by atoms with Crippen molar-refractivity contribution in [3.63, 3.8) is 0 Å². The molecule has 6 heteroatoms. The molecular weight excluding hydrogens is 296 g/mol. The second kappa shape index (κ2) is 6.54. The Morgan fingerprint density at radius 2 is 2.23 bits per heavy atom. The highest BCUT2D eigenvalue weighted by Gasteiger charge is 2.36. The van der Waals surface area contributed by atoms with E-state index in [1.54, 1.807) is 11.3 Å². The van der Waals surface area contributed by atoms with Gasteiger partial charge in [-0.15, -0.1) is 11.3 Å². The fourth-order valence-electron chi connectivity index (χ4n) is 3.05. The molecule has 0 spiro atoms. The first-order chi connectivity index (χ1) is 10.5. The minimum Gasteiger partial charge on any atom is -0.354 e. The number of nitrogens with zero attached hydrogens (tertiary/aromatic N) is 3. The van der Waals surface area contributed by atoms with Crippen LogP contribution in [0.25, 0.3) is 0 Å². The maximum Gasteiger partial charge on any atom is 0.225 e. The number of likely N-dealkylation sites (tertiary alicyclic amines) is 1. The van der Waals surface area contributed by atoms with E-state index in [1.165, 1.54) is 4.88 Å². The van der Waals surface area contributed by atoms with Crippen molar-refractivity contribution in [1.82, 2.24) is 15.2 Å². The highest BCUT2D eigenvalue weighted by atomic mass is 32.1. The lowest BCUT2D eigenvalue weighted by atomic mass is 9.93. The standard InChI is InChI=1S/C16H26N4OS/c1-11-10-20(15(21)12-4-5-12)7-6-14(11)17-8-13-9-18-16(22-13)19(2)3/h9,11-12,14,17H,4-8,10H2,1-3H3/t11-,14-/m0/s1. The Labute approximate surface area is 136 Å². The molecule has 1 aromatic rings. The molecule has 0 unspecified atom stereocenters. The van der Waals surface area contributed by atoms with E-state index in [-0.39, 0.29) is 0 Å². The highest BCUT2D eigenvalue weighted by molar-refractivity contribution is 7.15. The summed E-state index contributed by atoms with van der Waals surface area (Å²) in [5, 5.41) is 4.71. The van der Waals surface area contributed by atoms with Gasteiger partial charge in [0, 0.05) is 56.8 Å². The number of amides is 1. The van der Waals surface area contributed by atoms with E-state index in [2.05, 4.69) is 22.1 Å². The zero-order chi connectivity index (χ0) is 15.7. The predicted octanol–water partition coefficient (Wildman–Crippen LogP) is 1.95. The van der Waals surface area contributed by atoms with Crippen LogP contribution in [0.15, 0.2) is 6.20 Å². The Hall–Kier alpha value is -1.14. The van der Waals surface area contributed by atoms with E-state index < -0.39 is 0 Å². The molecule has 0 bridgehead atoms. The third-order valence-corrected chi connectivity index (χ3v) is 5.77. The van der Waals surface area contributed by atoms with Gasteiger partial charge in [0.1, 0.15) is 0 Å². The summed E-state index contributed by atoms with van der Waals surface area (Å²) in [5.41, 5.74) is 0. The normalized spacial score (nSPS) is 25.3. The van der Waals surface area contributed by atoms with Crippen LogP contribution in [0.4, 0.5) is 5.13 Å². The molecule has 1 aliphatic carbocycles. The van der Waals surface area contributed by atoms with E-state index in [0.29, 0.717) is 23.8 Å². The zero-order valence-corrected chi connectivity index (χ0v) is 14.5. The van der Waals surface area contributed by atoms with E-state index in [4.69, 9.17) is 0 Å². The van der Waals surface area contributed by atoms with Crippen molar-refractivity contribution < 1.29 is 4.79 Å². The Morgan fingerprint density at radius 3 is 2.82 bits per heavy atom. The van der Waals surface area contributed by atoms with Crippen LogP contribution in [0.2, 0.25) is 0 Å². The molecule has 0 radical (unpaired) electrons. The topological polar surface area (TPSA) is 48.5 Å². The summed E-state index contributed by atoms with van der Waals surface area (Å²) in [4.78, 5) is 22.0. The summed E-state index contributed by atoms with van der Waals surface area (Å²) in [7, 11) is 4.04. The van der Waals surface area contributed by atoms with Crippen molar-refractivity contribution >= 4 is 22.4 Å².